The number of aryl methyl sites for hydroxylation is 1. The smallest absolute Gasteiger partial charge is 0.295 e. The van der Waals surface area contributed by atoms with Crippen LogP contribution in [0.1, 0.15) is 48.6 Å². The number of Topliss-reactive ketones (excluding diaryl/α,β-unsaturated/α-hetero) is 1. The van der Waals surface area contributed by atoms with Gasteiger partial charge in [-0.3, -0.25) is 9.59 Å². The molecule has 4 rings (SSSR count). The standard InChI is InChI=1S/C30H31NO4/c1-3-20-35-25-16-14-24(15-17-25)28(32)26-27(23-12-10-21(4-2)11-13-23)31(30(34)29(26)33)19-18-22-8-6-5-7-9-22/h5-17,27,32H,3-4,18-20H2,1-2H3. The van der Waals surface area contributed by atoms with Gasteiger partial charge >= 0.3 is 0 Å². The van der Waals surface area contributed by atoms with Gasteiger partial charge in [-0.15, -0.1) is 0 Å². The summed E-state index contributed by atoms with van der Waals surface area (Å²) in [6, 6.07) is 24.1. The van der Waals surface area contributed by atoms with Crippen LogP contribution in [0, 0.1) is 0 Å². The van der Waals surface area contributed by atoms with E-state index in [1.54, 1.807) is 29.2 Å². The van der Waals surface area contributed by atoms with Crippen molar-refractivity contribution < 1.29 is 19.4 Å². The van der Waals surface area contributed by atoms with Crippen LogP contribution in [0.15, 0.2) is 84.4 Å². The minimum absolute atomic E-state index is 0.120. The molecule has 180 valence electrons. The SMILES string of the molecule is CCCOc1ccc(C(O)=C2C(=O)C(=O)N(CCc3ccccc3)C2c2ccc(CC)cc2)cc1. The second-order valence-corrected chi connectivity index (χ2v) is 8.70. The van der Waals surface area contributed by atoms with Gasteiger partial charge < -0.3 is 14.7 Å². The Kier molecular flexibility index (Phi) is 7.66. The molecule has 35 heavy (non-hydrogen) atoms. The molecular weight excluding hydrogens is 438 g/mol. The highest BCUT2D eigenvalue weighted by atomic mass is 16.5. The number of ether oxygens (including phenoxy) is 1. The second-order valence-electron chi connectivity index (χ2n) is 8.70. The highest BCUT2D eigenvalue weighted by Crippen LogP contribution is 2.39. The maximum absolute atomic E-state index is 13.2. The predicted molar refractivity (Wildman–Crippen MR) is 137 cm³/mol. The summed E-state index contributed by atoms with van der Waals surface area (Å²) in [6.45, 7) is 5.08. The van der Waals surface area contributed by atoms with Crippen LogP contribution in [0.3, 0.4) is 0 Å². The zero-order valence-corrected chi connectivity index (χ0v) is 20.2. The normalized spacial score (nSPS) is 17.1. The molecular formula is C30H31NO4. The van der Waals surface area contributed by atoms with Gasteiger partial charge in [-0.05, 0) is 60.2 Å². The molecule has 1 aliphatic rings. The van der Waals surface area contributed by atoms with Gasteiger partial charge in [0.2, 0.25) is 0 Å². The summed E-state index contributed by atoms with van der Waals surface area (Å²) in [5, 5.41) is 11.3. The van der Waals surface area contributed by atoms with Gasteiger partial charge in [-0.1, -0.05) is 68.4 Å². The average Bonchev–Trinajstić information content (AvgIpc) is 3.16. The summed E-state index contributed by atoms with van der Waals surface area (Å²) in [5.74, 6) is -0.725. The maximum atomic E-state index is 13.2. The van der Waals surface area contributed by atoms with Crippen LogP contribution in [0.4, 0.5) is 0 Å². The first-order valence-corrected chi connectivity index (χ1v) is 12.2. The Morgan fingerprint density at radius 2 is 1.57 bits per heavy atom. The molecule has 0 spiro atoms. The fourth-order valence-electron chi connectivity index (χ4n) is 4.37. The van der Waals surface area contributed by atoms with Crippen molar-refractivity contribution in [2.45, 2.75) is 39.2 Å². The van der Waals surface area contributed by atoms with Crippen LogP contribution in [-0.4, -0.2) is 34.8 Å². The number of ketones is 1. The number of aliphatic hydroxyl groups is 1. The van der Waals surface area contributed by atoms with Crippen LogP contribution >= 0.6 is 0 Å². The third-order valence-electron chi connectivity index (χ3n) is 6.33. The number of carbonyl (C=O) groups is 2. The molecule has 3 aromatic carbocycles. The van der Waals surface area contributed by atoms with Gasteiger partial charge in [0.05, 0.1) is 18.2 Å². The Hall–Kier alpha value is -3.86. The lowest BCUT2D eigenvalue weighted by atomic mass is 9.94. The van der Waals surface area contributed by atoms with Crippen molar-refractivity contribution in [2.24, 2.45) is 0 Å². The molecule has 1 fully saturated rings. The summed E-state index contributed by atoms with van der Waals surface area (Å²) >= 11 is 0. The summed E-state index contributed by atoms with van der Waals surface area (Å²) in [6.07, 6.45) is 2.40. The molecule has 1 unspecified atom stereocenters. The van der Waals surface area contributed by atoms with E-state index >= 15 is 0 Å². The Labute approximate surface area is 206 Å². The highest BCUT2D eigenvalue weighted by molar-refractivity contribution is 6.46. The number of benzene rings is 3. The third kappa shape index (κ3) is 5.29. The molecule has 1 saturated heterocycles. The van der Waals surface area contributed by atoms with Crippen LogP contribution in [0.2, 0.25) is 0 Å². The topological polar surface area (TPSA) is 66.8 Å². The second kappa shape index (κ2) is 11.0. The molecule has 1 atom stereocenters. The van der Waals surface area contributed by atoms with Crippen LogP contribution < -0.4 is 4.74 Å². The lowest BCUT2D eigenvalue weighted by Gasteiger charge is -2.25. The minimum atomic E-state index is -0.661. The van der Waals surface area contributed by atoms with Crippen molar-refractivity contribution in [1.82, 2.24) is 4.90 Å². The number of likely N-dealkylation sites (tertiary alicyclic amines) is 1. The van der Waals surface area contributed by atoms with Crippen molar-refractivity contribution in [3.8, 4) is 5.75 Å². The van der Waals surface area contributed by atoms with E-state index in [9.17, 15) is 14.7 Å². The number of nitrogens with zero attached hydrogens (tertiary/aromatic N) is 1. The van der Waals surface area contributed by atoms with E-state index in [0.29, 0.717) is 30.9 Å². The van der Waals surface area contributed by atoms with E-state index in [1.165, 1.54) is 0 Å². The van der Waals surface area contributed by atoms with Crippen molar-refractivity contribution >= 4 is 17.4 Å². The molecule has 5 heteroatoms. The fraction of sp³-hybridized carbons (Fsp3) is 0.267. The van der Waals surface area contributed by atoms with E-state index in [2.05, 4.69) is 6.92 Å². The van der Waals surface area contributed by atoms with E-state index in [4.69, 9.17) is 4.74 Å². The summed E-state index contributed by atoms with van der Waals surface area (Å²) < 4.78 is 5.63. The summed E-state index contributed by atoms with van der Waals surface area (Å²) in [7, 11) is 0. The van der Waals surface area contributed by atoms with Crippen molar-refractivity contribution in [2.75, 3.05) is 13.2 Å². The molecule has 0 aliphatic carbocycles. The van der Waals surface area contributed by atoms with Crippen molar-refractivity contribution in [3.63, 3.8) is 0 Å². The number of hydrogen-bond acceptors (Lipinski definition) is 4. The quantitative estimate of drug-likeness (QED) is 0.248. The monoisotopic (exact) mass is 469 g/mol. The lowest BCUT2D eigenvalue weighted by Crippen LogP contribution is -2.31. The number of rotatable bonds is 9. The third-order valence-corrected chi connectivity index (χ3v) is 6.33. The Bertz CT molecular complexity index is 1200. The van der Waals surface area contributed by atoms with Gasteiger partial charge in [-0.25, -0.2) is 0 Å². The molecule has 5 nitrogen and oxygen atoms in total. The first kappa shape index (κ1) is 24.3. The predicted octanol–water partition coefficient (Wildman–Crippen LogP) is 5.70. The molecule has 3 aromatic rings. The van der Waals surface area contributed by atoms with Crippen molar-refractivity contribution in [3.05, 3.63) is 107 Å². The number of amides is 1. The lowest BCUT2D eigenvalue weighted by molar-refractivity contribution is -0.139. The molecule has 1 amide bonds. The average molecular weight is 470 g/mol. The van der Waals surface area contributed by atoms with Crippen molar-refractivity contribution in [1.29, 1.82) is 0 Å². The first-order chi connectivity index (χ1) is 17.0. The van der Waals surface area contributed by atoms with E-state index in [-0.39, 0.29) is 11.3 Å². The molecule has 0 aromatic heterocycles. The fourth-order valence-corrected chi connectivity index (χ4v) is 4.37. The molecule has 0 radical (unpaired) electrons. The number of carbonyl (C=O) groups excluding carboxylic acids is 2. The zero-order chi connectivity index (χ0) is 24.8. The molecule has 1 N–H and O–H groups in total. The Balaban J connectivity index is 1.72. The highest BCUT2D eigenvalue weighted by Gasteiger charge is 2.45. The Morgan fingerprint density at radius 1 is 0.886 bits per heavy atom. The Morgan fingerprint density at radius 3 is 2.20 bits per heavy atom. The van der Waals surface area contributed by atoms with E-state index < -0.39 is 17.7 Å². The van der Waals surface area contributed by atoms with Crippen LogP contribution in [0.25, 0.3) is 5.76 Å². The minimum Gasteiger partial charge on any atom is -0.507 e. The van der Waals surface area contributed by atoms with Crippen LogP contribution in [-0.2, 0) is 22.4 Å². The largest absolute Gasteiger partial charge is 0.507 e. The summed E-state index contributed by atoms with van der Waals surface area (Å²) in [4.78, 5) is 28.0. The number of hydrogen-bond donors (Lipinski definition) is 1. The summed E-state index contributed by atoms with van der Waals surface area (Å²) in [5.41, 5.74) is 3.65. The first-order valence-electron chi connectivity index (χ1n) is 12.2. The van der Waals surface area contributed by atoms with Gasteiger partial charge in [0, 0.05) is 12.1 Å². The van der Waals surface area contributed by atoms with E-state index in [0.717, 1.165) is 29.5 Å². The molecule has 0 saturated carbocycles. The maximum Gasteiger partial charge on any atom is 0.295 e. The molecule has 1 heterocycles. The van der Waals surface area contributed by atoms with E-state index in [1.807, 2.05) is 61.5 Å². The van der Waals surface area contributed by atoms with Crippen LogP contribution in [0.5, 0.6) is 5.75 Å². The molecule has 1 aliphatic heterocycles. The van der Waals surface area contributed by atoms with Gasteiger partial charge in [-0.2, -0.15) is 0 Å². The van der Waals surface area contributed by atoms with Gasteiger partial charge in [0.1, 0.15) is 11.5 Å². The van der Waals surface area contributed by atoms with Gasteiger partial charge in [0.25, 0.3) is 11.7 Å². The number of aliphatic hydroxyl groups excluding tert-OH is 1. The van der Waals surface area contributed by atoms with Gasteiger partial charge in [0.15, 0.2) is 0 Å². The molecule has 0 bridgehead atoms. The zero-order valence-electron chi connectivity index (χ0n) is 20.2.